The van der Waals surface area contributed by atoms with Crippen molar-refractivity contribution in [2.24, 2.45) is 0 Å². The highest BCUT2D eigenvalue weighted by molar-refractivity contribution is 5.47. The second kappa shape index (κ2) is 5.52. The Morgan fingerprint density at radius 3 is 2.75 bits per heavy atom. The molecule has 1 aromatic carbocycles. The summed E-state index contributed by atoms with van der Waals surface area (Å²) in [6.07, 6.45) is 0. The molecule has 0 saturated carbocycles. The van der Waals surface area contributed by atoms with Crippen LogP contribution in [-0.4, -0.2) is 28.9 Å². The third kappa shape index (κ3) is 2.41. The predicted octanol–water partition coefficient (Wildman–Crippen LogP) is 1.42. The van der Waals surface area contributed by atoms with E-state index in [1.807, 2.05) is 4.90 Å². The summed E-state index contributed by atoms with van der Waals surface area (Å²) in [5.74, 6) is -3.47. The SMILES string of the molecule is O=c1nc(OCc2cc(F)c(F)c(F)c2)cc2n1C[C@@H]1COCN21. The Labute approximate surface area is 134 Å². The number of aromatic nitrogens is 2. The molecule has 2 aliphatic rings. The Morgan fingerprint density at radius 2 is 2.00 bits per heavy atom. The van der Waals surface area contributed by atoms with Gasteiger partial charge in [-0.15, -0.1) is 0 Å². The first kappa shape index (κ1) is 15.0. The van der Waals surface area contributed by atoms with Crippen LogP contribution >= 0.6 is 0 Å². The lowest BCUT2D eigenvalue weighted by Crippen LogP contribution is -2.26. The van der Waals surface area contributed by atoms with Gasteiger partial charge in [0.15, 0.2) is 17.5 Å². The quantitative estimate of drug-likeness (QED) is 0.792. The monoisotopic (exact) mass is 339 g/mol. The molecule has 2 aliphatic heterocycles. The first-order valence-electron chi connectivity index (χ1n) is 7.25. The maximum Gasteiger partial charge on any atom is 0.352 e. The van der Waals surface area contributed by atoms with Crippen molar-refractivity contribution in [3.8, 4) is 5.88 Å². The molecule has 0 amide bonds. The molecule has 1 fully saturated rings. The first-order valence-corrected chi connectivity index (χ1v) is 7.25. The summed E-state index contributed by atoms with van der Waals surface area (Å²) >= 11 is 0. The van der Waals surface area contributed by atoms with Crippen LogP contribution in [0.25, 0.3) is 0 Å². The molecule has 1 saturated heterocycles. The average molecular weight is 339 g/mol. The smallest absolute Gasteiger partial charge is 0.352 e. The summed E-state index contributed by atoms with van der Waals surface area (Å²) in [5.41, 5.74) is -0.371. The van der Waals surface area contributed by atoms with Gasteiger partial charge in [-0.25, -0.2) is 18.0 Å². The molecule has 24 heavy (non-hydrogen) atoms. The largest absolute Gasteiger partial charge is 0.473 e. The van der Waals surface area contributed by atoms with Gasteiger partial charge in [0.2, 0.25) is 5.88 Å². The summed E-state index contributed by atoms with van der Waals surface area (Å²) in [5, 5.41) is 0. The predicted molar refractivity (Wildman–Crippen MR) is 76.2 cm³/mol. The minimum absolute atomic E-state index is 0.0314. The Bertz CT molecular complexity index is 848. The molecular weight excluding hydrogens is 327 g/mol. The molecular formula is C15H12F3N3O3. The topological polar surface area (TPSA) is 56.6 Å². The Balaban J connectivity index is 1.57. The summed E-state index contributed by atoms with van der Waals surface area (Å²) in [6, 6.07) is 3.34. The average Bonchev–Trinajstić information content (AvgIpc) is 3.12. The Morgan fingerprint density at radius 1 is 1.25 bits per heavy atom. The van der Waals surface area contributed by atoms with Gasteiger partial charge in [-0.3, -0.25) is 4.57 Å². The fourth-order valence-corrected chi connectivity index (χ4v) is 2.90. The second-order valence-corrected chi connectivity index (χ2v) is 5.63. The fraction of sp³-hybridized carbons (Fsp3) is 0.333. The van der Waals surface area contributed by atoms with Crippen molar-refractivity contribution in [1.82, 2.24) is 9.55 Å². The number of fused-ring (bicyclic) bond motifs is 3. The minimum atomic E-state index is -1.53. The molecule has 0 N–H and O–H groups in total. The van der Waals surface area contributed by atoms with Gasteiger partial charge >= 0.3 is 5.69 Å². The van der Waals surface area contributed by atoms with Crippen molar-refractivity contribution in [3.05, 3.63) is 51.7 Å². The van der Waals surface area contributed by atoms with E-state index in [4.69, 9.17) is 9.47 Å². The highest BCUT2D eigenvalue weighted by atomic mass is 19.2. The van der Waals surface area contributed by atoms with E-state index in [2.05, 4.69) is 4.98 Å². The third-order valence-electron chi connectivity index (χ3n) is 4.07. The number of halogens is 3. The number of ether oxygens (including phenoxy) is 2. The van der Waals surface area contributed by atoms with Gasteiger partial charge in [-0.05, 0) is 17.7 Å². The van der Waals surface area contributed by atoms with E-state index in [9.17, 15) is 18.0 Å². The second-order valence-electron chi connectivity index (χ2n) is 5.63. The van der Waals surface area contributed by atoms with Crippen molar-refractivity contribution < 1.29 is 22.6 Å². The van der Waals surface area contributed by atoms with Crippen LogP contribution in [0.5, 0.6) is 5.88 Å². The molecule has 6 nitrogen and oxygen atoms in total. The molecule has 1 atom stereocenters. The standard InChI is InChI=1S/C15H12F3N3O3/c16-10-1-8(2-11(17)14(10)18)5-24-12-3-13-20(15(22)19-12)4-9-6-23-7-21(9)13/h1-3,9H,4-7H2/t9-/m1/s1. The number of anilines is 1. The van der Waals surface area contributed by atoms with Gasteiger partial charge < -0.3 is 14.4 Å². The summed E-state index contributed by atoms with van der Waals surface area (Å²) < 4.78 is 51.5. The molecule has 3 heterocycles. The van der Waals surface area contributed by atoms with Crippen molar-refractivity contribution in [3.63, 3.8) is 0 Å². The molecule has 4 rings (SSSR count). The molecule has 0 aliphatic carbocycles. The van der Waals surface area contributed by atoms with E-state index in [0.717, 1.165) is 12.1 Å². The molecule has 0 radical (unpaired) electrons. The van der Waals surface area contributed by atoms with Crippen molar-refractivity contribution >= 4 is 5.82 Å². The molecule has 0 spiro atoms. The normalized spacial score (nSPS) is 18.6. The Kier molecular flexibility index (Phi) is 3.45. The van der Waals surface area contributed by atoms with E-state index in [-0.39, 0.29) is 24.1 Å². The van der Waals surface area contributed by atoms with Crippen LogP contribution in [0.2, 0.25) is 0 Å². The molecule has 0 unspecified atom stereocenters. The van der Waals surface area contributed by atoms with Crippen LogP contribution in [0.15, 0.2) is 23.0 Å². The highest BCUT2D eigenvalue weighted by Gasteiger charge is 2.35. The highest BCUT2D eigenvalue weighted by Crippen LogP contribution is 2.29. The molecule has 2 aromatic rings. The lowest BCUT2D eigenvalue weighted by molar-refractivity contribution is 0.189. The number of hydrogen-bond acceptors (Lipinski definition) is 5. The molecule has 0 bridgehead atoms. The van der Waals surface area contributed by atoms with Crippen LogP contribution in [0, 0.1) is 17.5 Å². The fourth-order valence-electron chi connectivity index (χ4n) is 2.90. The zero-order chi connectivity index (χ0) is 16.8. The summed E-state index contributed by atoms with van der Waals surface area (Å²) in [6.45, 7) is 1.16. The van der Waals surface area contributed by atoms with Gasteiger partial charge in [-0.2, -0.15) is 4.98 Å². The van der Waals surface area contributed by atoms with Gasteiger partial charge in [0.05, 0.1) is 19.2 Å². The van der Waals surface area contributed by atoms with Crippen molar-refractivity contribution in [1.29, 1.82) is 0 Å². The number of benzene rings is 1. The van der Waals surface area contributed by atoms with Crippen LogP contribution in [0.4, 0.5) is 19.0 Å². The number of hydrogen-bond donors (Lipinski definition) is 0. The zero-order valence-corrected chi connectivity index (χ0v) is 12.3. The number of nitrogens with zero attached hydrogens (tertiary/aromatic N) is 3. The Hall–Kier alpha value is -2.55. The van der Waals surface area contributed by atoms with Crippen LogP contribution in [0.1, 0.15) is 5.56 Å². The van der Waals surface area contributed by atoms with Crippen LogP contribution in [0.3, 0.4) is 0 Å². The van der Waals surface area contributed by atoms with Crippen LogP contribution in [-0.2, 0) is 17.9 Å². The maximum atomic E-state index is 13.2. The van der Waals surface area contributed by atoms with Gasteiger partial charge in [-0.1, -0.05) is 0 Å². The maximum absolute atomic E-state index is 13.2. The van der Waals surface area contributed by atoms with E-state index >= 15 is 0 Å². The summed E-state index contributed by atoms with van der Waals surface area (Å²) in [7, 11) is 0. The van der Waals surface area contributed by atoms with Crippen molar-refractivity contribution in [2.75, 3.05) is 18.2 Å². The van der Waals surface area contributed by atoms with Gasteiger partial charge in [0.25, 0.3) is 0 Å². The van der Waals surface area contributed by atoms with E-state index < -0.39 is 23.1 Å². The lowest BCUT2D eigenvalue weighted by Gasteiger charge is -2.15. The molecule has 9 heteroatoms. The zero-order valence-electron chi connectivity index (χ0n) is 12.3. The van der Waals surface area contributed by atoms with E-state index in [1.54, 1.807) is 6.07 Å². The third-order valence-corrected chi connectivity index (χ3v) is 4.07. The summed E-state index contributed by atoms with van der Waals surface area (Å²) in [4.78, 5) is 17.8. The van der Waals surface area contributed by atoms with Gasteiger partial charge in [0.1, 0.15) is 19.2 Å². The molecule has 1 aromatic heterocycles. The van der Waals surface area contributed by atoms with E-state index in [1.165, 1.54) is 4.57 Å². The number of rotatable bonds is 3. The van der Waals surface area contributed by atoms with Crippen LogP contribution < -0.4 is 15.3 Å². The minimum Gasteiger partial charge on any atom is -0.473 e. The lowest BCUT2D eigenvalue weighted by atomic mass is 10.2. The first-order chi connectivity index (χ1) is 11.5. The van der Waals surface area contributed by atoms with E-state index in [0.29, 0.717) is 25.7 Å². The molecule has 126 valence electrons. The van der Waals surface area contributed by atoms with Crippen molar-refractivity contribution in [2.45, 2.75) is 19.2 Å². The van der Waals surface area contributed by atoms with Gasteiger partial charge in [0, 0.05) is 6.07 Å².